The zero-order chi connectivity index (χ0) is 23.3. The standard InChI is InChI=1S/C21H23F3N2O5S/c1-26(19(29)15(11-18(27)28)9-13-5-7-30-8-6-13)20-25-17(12-32-20)14-3-2-4-16(10-14)31-21(22,23)24/h2-4,10,12-13,15H,5-9,11H2,1H3,(H,27,28)/t15-/m1/s1. The van der Waals surface area contributed by atoms with Gasteiger partial charge in [-0.3, -0.25) is 14.5 Å². The molecule has 0 radical (unpaired) electrons. The van der Waals surface area contributed by atoms with E-state index in [0.717, 1.165) is 24.2 Å². The molecule has 1 N–H and O–H groups in total. The molecule has 174 valence electrons. The number of halogens is 3. The minimum atomic E-state index is -4.80. The van der Waals surface area contributed by atoms with Gasteiger partial charge in [0.25, 0.3) is 0 Å². The number of anilines is 1. The molecule has 1 saturated heterocycles. The van der Waals surface area contributed by atoms with Gasteiger partial charge in [0.15, 0.2) is 5.13 Å². The molecular formula is C21H23F3N2O5S. The number of nitrogens with zero attached hydrogens (tertiary/aromatic N) is 2. The summed E-state index contributed by atoms with van der Waals surface area (Å²) >= 11 is 1.15. The molecule has 0 spiro atoms. The number of aromatic nitrogens is 1. The number of ether oxygens (including phenoxy) is 2. The van der Waals surface area contributed by atoms with Crippen molar-refractivity contribution in [3.8, 4) is 17.0 Å². The molecular weight excluding hydrogens is 449 g/mol. The lowest BCUT2D eigenvalue weighted by Crippen LogP contribution is -2.35. The van der Waals surface area contributed by atoms with Crippen LogP contribution >= 0.6 is 11.3 Å². The van der Waals surface area contributed by atoms with Crippen LogP contribution in [-0.2, 0) is 14.3 Å². The number of hydrogen-bond donors (Lipinski definition) is 1. The number of hydrogen-bond acceptors (Lipinski definition) is 6. The molecule has 7 nitrogen and oxygen atoms in total. The number of carboxylic acid groups (broad SMARTS) is 1. The molecule has 1 fully saturated rings. The zero-order valence-electron chi connectivity index (χ0n) is 17.3. The summed E-state index contributed by atoms with van der Waals surface area (Å²) in [5, 5.41) is 11.2. The number of aliphatic carboxylic acids is 1. The predicted octanol–water partition coefficient (Wildman–Crippen LogP) is 4.58. The molecule has 32 heavy (non-hydrogen) atoms. The van der Waals surface area contributed by atoms with Gasteiger partial charge < -0.3 is 14.6 Å². The number of carbonyl (C=O) groups is 2. The molecule has 1 aromatic heterocycles. The van der Waals surface area contributed by atoms with Crippen LogP contribution in [-0.4, -0.2) is 48.6 Å². The molecule has 2 aromatic rings. The molecule has 11 heteroatoms. The molecule has 1 aliphatic heterocycles. The van der Waals surface area contributed by atoms with E-state index in [-0.39, 0.29) is 24.0 Å². The lowest BCUT2D eigenvalue weighted by molar-refractivity contribution is -0.274. The second-order valence-electron chi connectivity index (χ2n) is 7.57. The summed E-state index contributed by atoms with van der Waals surface area (Å²) in [4.78, 5) is 30.1. The van der Waals surface area contributed by atoms with Crippen molar-refractivity contribution in [2.24, 2.45) is 11.8 Å². The SMILES string of the molecule is CN(C(=O)[C@@H](CC(=O)O)CC1CCOCC1)c1nc(-c2cccc(OC(F)(F)F)c2)cs1. The van der Waals surface area contributed by atoms with Crippen LogP contribution < -0.4 is 9.64 Å². The number of alkyl halides is 3. The van der Waals surface area contributed by atoms with Gasteiger partial charge in [-0.25, -0.2) is 4.98 Å². The number of carboxylic acids is 1. The molecule has 1 aromatic carbocycles. The highest BCUT2D eigenvalue weighted by Gasteiger charge is 2.32. The summed E-state index contributed by atoms with van der Waals surface area (Å²) in [6, 6.07) is 5.41. The maximum atomic E-state index is 13.1. The van der Waals surface area contributed by atoms with Crippen LogP contribution in [0.1, 0.15) is 25.7 Å². The van der Waals surface area contributed by atoms with E-state index < -0.39 is 18.2 Å². The normalized spacial score (nSPS) is 15.9. The van der Waals surface area contributed by atoms with Gasteiger partial charge >= 0.3 is 12.3 Å². The molecule has 0 saturated carbocycles. The van der Waals surface area contributed by atoms with Crippen molar-refractivity contribution in [2.45, 2.75) is 32.0 Å². The van der Waals surface area contributed by atoms with Crippen molar-refractivity contribution in [3.05, 3.63) is 29.6 Å². The van der Waals surface area contributed by atoms with E-state index in [1.54, 1.807) is 11.4 Å². The molecule has 0 aliphatic carbocycles. The average Bonchev–Trinajstić information content (AvgIpc) is 3.22. The minimum absolute atomic E-state index is 0.216. The van der Waals surface area contributed by atoms with E-state index in [9.17, 15) is 27.9 Å². The van der Waals surface area contributed by atoms with Gasteiger partial charge in [0.2, 0.25) is 5.91 Å². The van der Waals surface area contributed by atoms with Gasteiger partial charge in [-0.05, 0) is 37.3 Å². The summed E-state index contributed by atoms with van der Waals surface area (Å²) in [6.07, 6.45) is -3.07. The van der Waals surface area contributed by atoms with Crippen LogP contribution in [0.3, 0.4) is 0 Å². The summed E-state index contributed by atoms with van der Waals surface area (Å²) in [6.45, 7) is 1.20. The van der Waals surface area contributed by atoms with Crippen molar-refractivity contribution in [1.82, 2.24) is 4.98 Å². The Hall–Kier alpha value is -2.66. The van der Waals surface area contributed by atoms with Gasteiger partial charge in [0.1, 0.15) is 5.75 Å². The summed E-state index contributed by atoms with van der Waals surface area (Å²) < 4.78 is 46.7. The first-order valence-corrected chi connectivity index (χ1v) is 10.9. The fourth-order valence-electron chi connectivity index (χ4n) is 3.64. The highest BCUT2D eigenvalue weighted by atomic mass is 32.1. The van der Waals surface area contributed by atoms with Crippen LogP contribution in [0, 0.1) is 11.8 Å². The maximum absolute atomic E-state index is 13.1. The second kappa shape index (κ2) is 10.3. The molecule has 2 heterocycles. The zero-order valence-corrected chi connectivity index (χ0v) is 18.1. The van der Waals surface area contributed by atoms with Crippen molar-refractivity contribution in [2.75, 3.05) is 25.2 Å². The topological polar surface area (TPSA) is 89.0 Å². The van der Waals surface area contributed by atoms with Crippen LogP contribution in [0.15, 0.2) is 29.6 Å². The molecule has 3 rings (SSSR count). The van der Waals surface area contributed by atoms with E-state index in [1.165, 1.54) is 30.1 Å². The quantitative estimate of drug-likeness (QED) is 0.605. The molecule has 0 unspecified atom stereocenters. The Bertz CT molecular complexity index is 944. The number of amides is 1. The minimum Gasteiger partial charge on any atom is -0.481 e. The maximum Gasteiger partial charge on any atom is 0.573 e. The Morgan fingerprint density at radius 2 is 2.06 bits per heavy atom. The first kappa shape index (κ1) is 24.0. The number of benzene rings is 1. The molecule has 1 atom stereocenters. The van der Waals surface area contributed by atoms with Gasteiger partial charge in [-0.2, -0.15) is 0 Å². The lowest BCUT2D eigenvalue weighted by atomic mass is 9.86. The van der Waals surface area contributed by atoms with Crippen molar-refractivity contribution in [1.29, 1.82) is 0 Å². The van der Waals surface area contributed by atoms with E-state index in [0.29, 0.717) is 36.0 Å². The van der Waals surface area contributed by atoms with Gasteiger partial charge in [0, 0.05) is 37.1 Å². The first-order chi connectivity index (χ1) is 15.1. The van der Waals surface area contributed by atoms with Crippen LogP contribution in [0.5, 0.6) is 5.75 Å². The van der Waals surface area contributed by atoms with Crippen molar-refractivity contribution < 1.29 is 37.3 Å². The Balaban J connectivity index is 1.74. The molecule has 1 amide bonds. The van der Waals surface area contributed by atoms with Crippen LogP contribution in [0.25, 0.3) is 11.3 Å². The summed E-state index contributed by atoms with van der Waals surface area (Å²) in [5.74, 6) is -2.25. The smallest absolute Gasteiger partial charge is 0.481 e. The number of rotatable bonds is 8. The summed E-state index contributed by atoms with van der Waals surface area (Å²) in [7, 11) is 1.52. The van der Waals surface area contributed by atoms with Gasteiger partial charge in [-0.15, -0.1) is 24.5 Å². The van der Waals surface area contributed by atoms with Gasteiger partial charge in [0.05, 0.1) is 12.1 Å². The van der Waals surface area contributed by atoms with Crippen LogP contribution in [0.2, 0.25) is 0 Å². The molecule has 1 aliphatic rings. The number of carbonyl (C=O) groups excluding carboxylic acids is 1. The largest absolute Gasteiger partial charge is 0.573 e. The number of thiazole rings is 1. The fourth-order valence-corrected chi connectivity index (χ4v) is 4.44. The monoisotopic (exact) mass is 472 g/mol. The van der Waals surface area contributed by atoms with Crippen LogP contribution in [0.4, 0.5) is 18.3 Å². The van der Waals surface area contributed by atoms with E-state index >= 15 is 0 Å². The van der Waals surface area contributed by atoms with E-state index in [4.69, 9.17) is 4.74 Å². The summed E-state index contributed by atoms with van der Waals surface area (Å²) in [5.41, 5.74) is 0.788. The average molecular weight is 472 g/mol. The highest BCUT2D eigenvalue weighted by Crippen LogP contribution is 2.32. The Kier molecular flexibility index (Phi) is 7.73. The van der Waals surface area contributed by atoms with Crippen molar-refractivity contribution in [3.63, 3.8) is 0 Å². The predicted molar refractivity (Wildman–Crippen MR) is 112 cm³/mol. The van der Waals surface area contributed by atoms with E-state index in [2.05, 4.69) is 9.72 Å². The highest BCUT2D eigenvalue weighted by molar-refractivity contribution is 7.14. The Morgan fingerprint density at radius 3 is 2.72 bits per heavy atom. The first-order valence-electron chi connectivity index (χ1n) is 10.0. The fraction of sp³-hybridized carbons (Fsp3) is 0.476. The lowest BCUT2D eigenvalue weighted by Gasteiger charge is -2.27. The van der Waals surface area contributed by atoms with Gasteiger partial charge in [-0.1, -0.05) is 12.1 Å². The van der Waals surface area contributed by atoms with Crippen molar-refractivity contribution >= 4 is 28.3 Å². The third-order valence-electron chi connectivity index (χ3n) is 5.20. The Morgan fingerprint density at radius 1 is 1.34 bits per heavy atom. The third kappa shape index (κ3) is 6.67. The Labute approximate surface area is 186 Å². The van der Waals surface area contributed by atoms with E-state index in [1.807, 2.05) is 0 Å². The second-order valence-corrected chi connectivity index (χ2v) is 8.41. The third-order valence-corrected chi connectivity index (χ3v) is 6.12. The molecule has 0 bridgehead atoms.